The molecule has 0 saturated carbocycles. The minimum absolute atomic E-state index is 0.0781. The molecule has 1 atom stereocenters. The van der Waals surface area contributed by atoms with Gasteiger partial charge in [-0.15, -0.1) is 0 Å². The molecule has 8 nitrogen and oxygen atoms in total. The van der Waals surface area contributed by atoms with Crippen LogP contribution in [0.15, 0.2) is 88.1 Å². The quantitative estimate of drug-likeness (QED) is 0.236. The fourth-order valence-electron chi connectivity index (χ4n) is 3.42. The zero-order chi connectivity index (χ0) is 24.8. The second-order valence-corrected chi connectivity index (χ2v) is 7.71. The van der Waals surface area contributed by atoms with Gasteiger partial charge in [-0.25, -0.2) is 14.4 Å². The third-order valence-electron chi connectivity index (χ3n) is 5.24. The number of alkyl carbamates (subject to hydrolysis) is 1. The minimum atomic E-state index is -0.966. The molecule has 1 aromatic heterocycles. The lowest BCUT2D eigenvalue weighted by molar-refractivity contribution is -0.136. The summed E-state index contributed by atoms with van der Waals surface area (Å²) >= 11 is 0. The molecule has 0 aliphatic rings. The SMILES string of the molecule is COc1ccc(-c2cc(=O)oc3cc(OC(=O)[C@H](C)NC(=O)OCc4ccccc4)ccc23)cc1. The number of methoxy groups -OCH3 is 1. The number of benzene rings is 3. The van der Waals surface area contributed by atoms with Crippen LogP contribution in [0.4, 0.5) is 4.79 Å². The summed E-state index contributed by atoms with van der Waals surface area (Å²) in [4.78, 5) is 36.7. The van der Waals surface area contributed by atoms with E-state index in [-0.39, 0.29) is 17.9 Å². The number of hydrogen-bond donors (Lipinski definition) is 1. The van der Waals surface area contributed by atoms with E-state index in [1.807, 2.05) is 42.5 Å². The van der Waals surface area contributed by atoms with E-state index in [0.29, 0.717) is 16.7 Å². The van der Waals surface area contributed by atoms with Gasteiger partial charge in [0.2, 0.25) is 0 Å². The summed E-state index contributed by atoms with van der Waals surface area (Å²) in [6, 6.07) is 21.6. The molecule has 35 heavy (non-hydrogen) atoms. The van der Waals surface area contributed by atoms with Gasteiger partial charge in [-0.2, -0.15) is 0 Å². The molecule has 0 unspecified atom stereocenters. The molecular formula is C27H23NO7. The van der Waals surface area contributed by atoms with Crippen LogP contribution in [0.2, 0.25) is 0 Å². The monoisotopic (exact) mass is 473 g/mol. The lowest BCUT2D eigenvalue weighted by Crippen LogP contribution is -2.41. The Bertz CT molecular complexity index is 1390. The second-order valence-electron chi connectivity index (χ2n) is 7.71. The van der Waals surface area contributed by atoms with E-state index >= 15 is 0 Å². The Morgan fingerprint density at radius 1 is 0.943 bits per heavy atom. The summed E-state index contributed by atoms with van der Waals surface area (Å²) in [6.45, 7) is 1.56. The van der Waals surface area contributed by atoms with Crippen LogP contribution in [0.1, 0.15) is 12.5 Å². The highest BCUT2D eigenvalue weighted by molar-refractivity contribution is 5.94. The lowest BCUT2D eigenvalue weighted by atomic mass is 10.0. The van der Waals surface area contributed by atoms with Gasteiger partial charge in [0.25, 0.3) is 0 Å². The first-order chi connectivity index (χ1) is 16.9. The fourth-order valence-corrected chi connectivity index (χ4v) is 3.42. The average Bonchev–Trinajstić information content (AvgIpc) is 2.87. The van der Waals surface area contributed by atoms with Crippen molar-refractivity contribution in [3.63, 3.8) is 0 Å². The van der Waals surface area contributed by atoms with Crippen LogP contribution in [0.5, 0.6) is 11.5 Å². The molecule has 1 N–H and O–H groups in total. The third-order valence-corrected chi connectivity index (χ3v) is 5.24. The van der Waals surface area contributed by atoms with Crippen molar-refractivity contribution < 1.29 is 28.2 Å². The molecule has 3 aromatic carbocycles. The molecule has 0 radical (unpaired) electrons. The van der Waals surface area contributed by atoms with Crippen molar-refractivity contribution in [3.05, 3.63) is 94.8 Å². The largest absolute Gasteiger partial charge is 0.497 e. The maximum atomic E-state index is 12.5. The van der Waals surface area contributed by atoms with Gasteiger partial charge in [-0.05, 0) is 47.9 Å². The Labute approximate surface area is 201 Å². The van der Waals surface area contributed by atoms with Crippen LogP contribution in [0, 0.1) is 0 Å². The molecule has 0 bridgehead atoms. The van der Waals surface area contributed by atoms with E-state index in [1.165, 1.54) is 19.1 Å². The van der Waals surface area contributed by atoms with E-state index in [1.54, 1.807) is 31.4 Å². The van der Waals surface area contributed by atoms with E-state index < -0.39 is 23.7 Å². The molecule has 0 fully saturated rings. The smallest absolute Gasteiger partial charge is 0.408 e. The van der Waals surface area contributed by atoms with Gasteiger partial charge >= 0.3 is 17.7 Å². The number of fused-ring (bicyclic) bond motifs is 1. The molecule has 0 spiro atoms. The molecule has 8 heteroatoms. The normalized spacial score (nSPS) is 11.5. The van der Waals surface area contributed by atoms with Crippen molar-refractivity contribution in [2.45, 2.75) is 19.6 Å². The highest BCUT2D eigenvalue weighted by Gasteiger charge is 2.19. The van der Waals surface area contributed by atoms with Crippen molar-refractivity contribution in [3.8, 4) is 22.6 Å². The number of ether oxygens (including phenoxy) is 3. The molecule has 0 aliphatic heterocycles. The number of carbonyl (C=O) groups is 2. The standard InChI is InChI=1S/C27H23NO7/c1-17(28-27(31)33-16-18-6-4-3-5-7-18)26(30)34-21-12-13-22-23(15-25(29)35-24(22)14-21)19-8-10-20(32-2)11-9-19/h3-15,17H,16H2,1-2H3,(H,28,31)/t17-/m0/s1. The summed E-state index contributed by atoms with van der Waals surface area (Å²) in [5.74, 6) is 0.167. The Kier molecular flexibility index (Phi) is 7.11. The number of esters is 1. The fraction of sp³-hybridized carbons (Fsp3) is 0.148. The third kappa shape index (κ3) is 5.86. The number of nitrogens with one attached hydrogen (secondary N) is 1. The molecule has 1 amide bonds. The molecule has 1 heterocycles. The van der Waals surface area contributed by atoms with Gasteiger partial charge in [0, 0.05) is 17.5 Å². The van der Waals surface area contributed by atoms with E-state index in [0.717, 1.165) is 11.1 Å². The molecular weight excluding hydrogens is 450 g/mol. The van der Waals surface area contributed by atoms with Crippen LogP contribution in [0.25, 0.3) is 22.1 Å². The molecule has 0 aliphatic carbocycles. The average molecular weight is 473 g/mol. The van der Waals surface area contributed by atoms with Crippen molar-refractivity contribution >= 4 is 23.0 Å². The number of hydrogen-bond acceptors (Lipinski definition) is 7. The zero-order valence-corrected chi connectivity index (χ0v) is 19.1. The van der Waals surface area contributed by atoms with Crippen LogP contribution >= 0.6 is 0 Å². The van der Waals surface area contributed by atoms with E-state index in [9.17, 15) is 14.4 Å². The number of rotatable bonds is 7. The van der Waals surface area contributed by atoms with Crippen LogP contribution < -0.4 is 20.4 Å². The first-order valence-electron chi connectivity index (χ1n) is 10.8. The first-order valence-corrected chi connectivity index (χ1v) is 10.8. The second kappa shape index (κ2) is 10.6. The summed E-state index contributed by atoms with van der Waals surface area (Å²) in [5, 5.41) is 3.11. The molecule has 0 saturated heterocycles. The van der Waals surface area contributed by atoms with Crippen molar-refractivity contribution in [2.24, 2.45) is 0 Å². The Hall–Kier alpha value is -4.59. The van der Waals surface area contributed by atoms with Gasteiger partial charge in [-0.1, -0.05) is 42.5 Å². The van der Waals surface area contributed by atoms with Crippen molar-refractivity contribution in [1.82, 2.24) is 5.32 Å². The van der Waals surface area contributed by atoms with Gasteiger partial charge in [0.1, 0.15) is 29.7 Å². The predicted octanol–water partition coefficient (Wildman–Crippen LogP) is 4.69. The lowest BCUT2D eigenvalue weighted by Gasteiger charge is -2.14. The summed E-state index contributed by atoms with van der Waals surface area (Å²) in [6.07, 6.45) is -0.744. The minimum Gasteiger partial charge on any atom is -0.497 e. The van der Waals surface area contributed by atoms with Crippen LogP contribution in [0.3, 0.4) is 0 Å². The van der Waals surface area contributed by atoms with Gasteiger partial charge < -0.3 is 23.9 Å². The zero-order valence-electron chi connectivity index (χ0n) is 19.1. The molecule has 4 aromatic rings. The number of amides is 1. The van der Waals surface area contributed by atoms with Crippen LogP contribution in [-0.4, -0.2) is 25.2 Å². The highest BCUT2D eigenvalue weighted by atomic mass is 16.6. The maximum absolute atomic E-state index is 12.5. The topological polar surface area (TPSA) is 104 Å². The Morgan fingerprint density at radius 3 is 2.37 bits per heavy atom. The van der Waals surface area contributed by atoms with Gasteiger partial charge in [0.15, 0.2) is 0 Å². The highest BCUT2D eigenvalue weighted by Crippen LogP contribution is 2.30. The van der Waals surface area contributed by atoms with Crippen LogP contribution in [-0.2, 0) is 16.1 Å². The molecule has 4 rings (SSSR count). The summed E-state index contributed by atoms with van der Waals surface area (Å²) in [5.41, 5.74) is 2.03. The van der Waals surface area contributed by atoms with Gasteiger partial charge in [0.05, 0.1) is 7.11 Å². The number of carbonyl (C=O) groups excluding carboxylic acids is 2. The van der Waals surface area contributed by atoms with E-state index in [2.05, 4.69) is 5.32 Å². The predicted molar refractivity (Wildman–Crippen MR) is 129 cm³/mol. The Balaban J connectivity index is 1.44. The maximum Gasteiger partial charge on any atom is 0.408 e. The van der Waals surface area contributed by atoms with E-state index in [4.69, 9.17) is 18.6 Å². The van der Waals surface area contributed by atoms with Crippen molar-refractivity contribution in [2.75, 3.05) is 7.11 Å². The summed E-state index contributed by atoms with van der Waals surface area (Å²) < 4.78 is 21.0. The van der Waals surface area contributed by atoms with Crippen molar-refractivity contribution in [1.29, 1.82) is 0 Å². The van der Waals surface area contributed by atoms with Gasteiger partial charge in [-0.3, -0.25) is 0 Å². The molecule has 178 valence electrons. The summed E-state index contributed by atoms with van der Waals surface area (Å²) in [7, 11) is 1.58. The Morgan fingerprint density at radius 2 is 1.66 bits per heavy atom. The first kappa shape index (κ1) is 23.6.